The lowest BCUT2D eigenvalue weighted by atomic mass is 9.97. The molecule has 0 spiro atoms. The highest BCUT2D eigenvalue weighted by atomic mass is 19.4. The fourth-order valence-corrected chi connectivity index (χ4v) is 4.45. The molecule has 8 nitrogen and oxygen atoms in total. The molecule has 2 aromatic carbocycles. The van der Waals surface area contributed by atoms with Crippen molar-refractivity contribution in [1.29, 1.82) is 0 Å². The van der Waals surface area contributed by atoms with E-state index in [1.165, 1.54) is 12.3 Å². The van der Waals surface area contributed by atoms with E-state index in [0.29, 0.717) is 31.6 Å². The van der Waals surface area contributed by atoms with Crippen molar-refractivity contribution in [2.75, 3.05) is 6.61 Å². The predicted octanol–water partition coefficient (Wildman–Crippen LogP) is 4.73. The summed E-state index contributed by atoms with van der Waals surface area (Å²) in [7, 11) is 0. The SMILES string of the molecule is O=C(NC1(C(=O)O)CCCC1)c1cccc(OCCCn2ccnc2C(=O)c2ccc(C(F)(F)F)cc2)c1. The lowest BCUT2D eigenvalue weighted by Gasteiger charge is -2.25. The van der Waals surface area contributed by atoms with Crippen LogP contribution in [0.25, 0.3) is 0 Å². The van der Waals surface area contributed by atoms with Crippen LogP contribution in [-0.4, -0.2) is 44.5 Å². The topological polar surface area (TPSA) is 111 Å². The van der Waals surface area contributed by atoms with Crippen LogP contribution in [0.4, 0.5) is 13.2 Å². The van der Waals surface area contributed by atoms with E-state index in [-0.39, 0.29) is 23.6 Å². The van der Waals surface area contributed by atoms with Gasteiger partial charge in [-0.3, -0.25) is 9.59 Å². The Morgan fingerprint density at radius 3 is 2.42 bits per heavy atom. The van der Waals surface area contributed by atoms with Gasteiger partial charge < -0.3 is 19.7 Å². The van der Waals surface area contributed by atoms with Crippen molar-refractivity contribution in [2.45, 2.75) is 50.4 Å². The summed E-state index contributed by atoms with van der Waals surface area (Å²) in [6.45, 7) is 0.610. The van der Waals surface area contributed by atoms with Gasteiger partial charge in [-0.05, 0) is 49.6 Å². The van der Waals surface area contributed by atoms with Crippen LogP contribution in [0.2, 0.25) is 0 Å². The molecule has 1 aromatic heterocycles. The van der Waals surface area contributed by atoms with Crippen LogP contribution in [-0.2, 0) is 17.5 Å². The fraction of sp³-hybridized carbons (Fsp3) is 0.333. The number of carboxylic acid groups (broad SMARTS) is 1. The molecule has 0 atom stereocenters. The normalized spacial score (nSPS) is 14.7. The number of halogens is 3. The fourth-order valence-electron chi connectivity index (χ4n) is 4.45. The first-order chi connectivity index (χ1) is 18.1. The standard InChI is InChI=1S/C27H26F3N3O5/c28-27(29,30)20-9-7-18(8-10-20)22(34)23-31-13-15-33(23)14-4-16-38-21-6-3-5-19(17-21)24(35)32-26(25(36)37)11-1-2-12-26/h3,5-10,13,15,17H,1-2,4,11-12,14,16H2,(H,32,35)(H,36,37). The van der Waals surface area contributed by atoms with Gasteiger partial charge in [0.15, 0.2) is 5.82 Å². The Morgan fingerprint density at radius 1 is 1.05 bits per heavy atom. The Balaban J connectivity index is 1.32. The molecule has 1 amide bonds. The highest BCUT2D eigenvalue weighted by molar-refractivity contribution is 6.06. The molecule has 0 aliphatic heterocycles. The van der Waals surface area contributed by atoms with Gasteiger partial charge in [0.2, 0.25) is 5.78 Å². The number of benzene rings is 2. The lowest BCUT2D eigenvalue weighted by Crippen LogP contribution is -2.52. The van der Waals surface area contributed by atoms with Crippen LogP contribution in [0.15, 0.2) is 60.9 Å². The highest BCUT2D eigenvalue weighted by Crippen LogP contribution is 2.31. The van der Waals surface area contributed by atoms with Crippen LogP contribution in [0.5, 0.6) is 5.75 Å². The molecule has 1 saturated carbocycles. The molecule has 1 heterocycles. The Hall–Kier alpha value is -4.15. The molecule has 0 saturated heterocycles. The van der Waals surface area contributed by atoms with E-state index in [1.807, 2.05) is 0 Å². The molecule has 0 bridgehead atoms. The van der Waals surface area contributed by atoms with Gasteiger partial charge in [-0.25, -0.2) is 9.78 Å². The highest BCUT2D eigenvalue weighted by Gasteiger charge is 2.42. The van der Waals surface area contributed by atoms with Gasteiger partial charge >= 0.3 is 12.1 Å². The maximum absolute atomic E-state index is 12.8. The zero-order chi connectivity index (χ0) is 27.3. The molecular weight excluding hydrogens is 503 g/mol. The molecule has 0 unspecified atom stereocenters. The van der Waals surface area contributed by atoms with Crippen molar-refractivity contribution in [3.8, 4) is 5.75 Å². The number of rotatable bonds is 10. The Morgan fingerprint density at radius 2 is 1.76 bits per heavy atom. The van der Waals surface area contributed by atoms with Gasteiger partial charge in [0.25, 0.3) is 5.91 Å². The number of carbonyl (C=O) groups excluding carboxylic acids is 2. The number of ether oxygens (including phenoxy) is 1. The van der Waals surface area contributed by atoms with Crippen molar-refractivity contribution in [3.05, 3.63) is 83.4 Å². The van der Waals surface area contributed by atoms with E-state index in [9.17, 15) is 32.7 Å². The number of nitrogens with zero attached hydrogens (tertiary/aromatic N) is 2. The van der Waals surface area contributed by atoms with Gasteiger partial charge in [0.05, 0.1) is 12.2 Å². The number of aryl methyl sites for hydroxylation is 1. The van der Waals surface area contributed by atoms with Gasteiger partial charge in [-0.1, -0.05) is 31.0 Å². The quantitative estimate of drug-likeness (QED) is 0.290. The second kappa shape index (κ2) is 11.1. The summed E-state index contributed by atoms with van der Waals surface area (Å²) in [5.74, 6) is -1.48. The first kappa shape index (κ1) is 26.9. The van der Waals surface area contributed by atoms with E-state index in [0.717, 1.165) is 37.1 Å². The zero-order valence-corrected chi connectivity index (χ0v) is 20.3. The third-order valence-electron chi connectivity index (χ3n) is 6.52. The first-order valence-corrected chi connectivity index (χ1v) is 12.1. The molecular formula is C27H26F3N3O5. The number of carboxylic acids is 1. The second-order valence-corrected chi connectivity index (χ2v) is 9.13. The molecule has 1 aliphatic rings. The minimum absolute atomic E-state index is 0.0964. The maximum Gasteiger partial charge on any atom is 0.416 e. The van der Waals surface area contributed by atoms with Gasteiger partial charge in [0, 0.05) is 30.1 Å². The summed E-state index contributed by atoms with van der Waals surface area (Å²) in [6, 6.07) is 10.4. The summed E-state index contributed by atoms with van der Waals surface area (Å²) in [5, 5.41) is 12.3. The number of hydrogen-bond donors (Lipinski definition) is 2. The number of ketones is 1. The second-order valence-electron chi connectivity index (χ2n) is 9.13. The van der Waals surface area contributed by atoms with Crippen molar-refractivity contribution in [3.63, 3.8) is 0 Å². The monoisotopic (exact) mass is 529 g/mol. The van der Waals surface area contributed by atoms with E-state index >= 15 is 0 Å². The van der Waals surface area contributed by atoms with Crippen LogP contribution < -0.4 is 10.1 Å². The van der Waals surface area contributed by atoms with Crippen molar-refractivity contribution in [1.82, 2.24) is 14.9 Å². The number of alkyl halides is 3. The molecule has 0 radical (unpaired) electrons. The van der Waals surface area contributed by atoms with Crippen LogP contribution in [0, 0.1) is 0 Å². The third-order valence-corrected chi connectivity index (χ3v) is 6.52. The van der Waals surface area contributed by atoms with E-state index in [1.54, 1.807) is 29.0 Å². The molecule has 1 fully saturated rings. The summed E-state index contributed by atoms with van der Waals surface area (Å²) < 4.78 is 45.7. The summed E-state index contributed by atoms with van der Waals surface area (Å²) in [6.07, 6.45) is 1.29. The van der Waals surface area contributed by atoms with Crippen LogP contribution >= 0.6 is 0 Å². The average molecular weight is 530 g/mol. The molecule has 11 heteroatoms. The average Bonchev–Trinajstić information content (AvgIpc) is 3.56. The largest absolute Gasteiger partial charge is 0.494 e. The van der Waals surface area contributed by atoms with Crippen LogP contribution in [0.3, 0.4) is 0 Å². The smallest absolute Gasteiger partial charge is 0.416 e. The number of aromatic nitrogens is 2. The summed E-state index contributed by atoms with van der Waals surface area (Å²) in [4.78, 5) is 41.2. The van der Waals surface area contributed by atoms with Gasteiger partial charge in [-0.15, -0.1) is 0 Å². The Kier molecular flexibility index (Phi) is 7.84. The number of imidazole rings is 1. The number of carbonyl (C=O) groups is 3. The minimum Gasteiger partial charge on any atom is -0.494 e. The Bertz CT molecular complexity index is 1310. The maximum atomic E-state index is 12.8. The van der Waals surface area contributed by atoms with E-state index in [2.05, 4.69) is 10.3 Å². The van der Waals surface area contributed by atoms with Gasteiger partial charge in [-0.2, -0.15) is 13.2 Å². The molecule has 38 heavy (non-hydrogen) atoms. The number of amides is 1. The van der Waals surface area contributed by atoms with Crippen molar-refractivity contribution >= 4 is 17.7 Å². The van der Waals surface area contributed by atoms with E-state index < -0.39 is 34.9 Å². The third kappa shape index (κ3) is 6.04. The van der Waals surface area contributed by atoms with Crippen molar-refractivity contribution < 1.29 is 37.4 Å². The molecule has 4 rings (SSSR count). The summed E-state index contributed by atoms with van der Waals surface area (Å²) >= 11 is 0. The number of hydrogen-bond acceptors (Lipinski definition) is 5. The zero-order valence-electron chi connectivity index (χ0n) is 20.3. The number of nitrogens with one attached hydrogen (secondary N) is 1. The summed E-state index contributed by atoms with van der Waals surface area (Å²) in [5.41, 5.74) is -1.70. The minimum atomic E-state index is -4.49. The lowest BCUT2D eigenvalue weighted by molar-refractivity contribution is -0.144. The van der Waals surface area contributed by atoms with Gasteiger partial charge in [0.1, 0.15) is 11.3 Å². The van der Waals surface area contributed by atoms with Crippen molar-refractivity contribution in [2.24, 2.45) is 0 Å². The Labute approximate surface area is 216 Å². The first-order valence-electron chi connectivity index (χ1n) is 12.1. The van der Waals surface area contributed by atoms with Crippen LogP contribution in [0.1, 0.15) is 64.2 Å². The predicted molar refractivity (Wildman–Crippen MR) is 130 cm³/mol. The molecule has 3 aromatic rings. The van der Waals surface area contributed by atoms with E-state index in [4.69, 9.17) is 4.74 Å². The molecule has 2 N–H and O–H groups in total. The molecule has 1 aliphatic carbocycles. The molecule has 200 valence electrons. The number of aliphatic carboxylic acids is 1.